The molecule has 0 bridgehead atoms. The molecule has 2 fully saturated rings. The molecular formula is C22H34N2O2. The van der Waals surface area contributed by atoms with Crippen molar-refractivity contribution in [3.05, 3.63) is 35.9 Å². The molecule has 2 unspecified atom stereocenters. The number of benzene rings is 1. The molecule has 2 heterocycles. The van der Waals surface area contributed by atoms with Gasteiger partial charge in [-0.15, -0.1) is 0 Å². The zero-order chi connectivity index (χ0) is 18.2. The Morgan fingerprint density at radius 3 is 2.69 bits per heavy atom. The molecule has 144 valence electrons. The van der Waals surface area contributed by atoms with Gasteiger partial charge in [0.15, 0.2) is 0 Å². The van der Waals surface area contributed by atoms with Crippen LogP contribution in [0.4, 0.5) is 0 Å². The number of nitrogens with zero attached hydrogens (tertiary/aromatic N) is 1. The first-order valence-corrected chi connectivity index (χ1v) is 10.3. The lowest BCUT2D eigenvalue weighted by Crippen LogP contribution is -2.39. The fraction of sp³-hybridized carbons (Fsp3) is 0.682. The Kier molecular flexibility index (Phi) is 7.51. The van der Waals surface area contributed by atoms with Crippen LogP contribution in [0.5, 0.6) is 0 Å². The van der Waals surface area contributed by atoms with Gasteiger partial charge in [0.25, 0.3) is 0 Å². The van der Waals surface area contributed by atoms with Crippen molar-refractivity contribution in [2.24, 2.45) is 17.8 Å². The predicted molar refractivity (Wildman–Crippen MR) is 105 cm³/mol. The summed E-state index contributed by atoms with van der Waals surface area (Å²) in [5.74, 6) is 1.97. The molecule has 2 aliphatic heterocycles. The summed E-state index contributed by atoms with van der Waals surface area (Å²) >= 11 is 0. The second-order valence-corrected chi connectivity index (χ2v) is 8.10. The Bertz CT molecular complexity index is 536. The Morgan fingerprint density at radius 2 is 2.00 bits per heavy atom. The highest BCUT2D eigenvalue weighted by molar-refractivity contribution is 5.76. The molecule has 2 atom stereocenters. The minimum absolute atomic E-state index is 0.318. The normalized spacial score (nSPS) is 22.7. The van der Waals surface area contributed by atoms with E-state index >= 15 is 0 Å². The van der Waals surface area contributed by atoms with Gasteiger partial charge in [0.1, 0.15) is 0 Å². The van der Waals surface area contributed by atoms with E-state index in [4.69, 9.17) is 4.74 Å². The average molecular weight is 359 g/mol. The number of carbonyl (C=O) groups is 1. The van der Waals surface area contributed by atoms with Crippen molar-refractivity contribution in [3.8, 4) is 0 Å². The first-order chi connectivity index (χ1) is 12.7. The second-order valence-electron chi connectivity index (χ2n) is 8.10. The molecule has 26 heavy (non-hydrogen) atoms. The van der Waals surface area contributed by atoms with Gasteiger partial charge in [-0.3, -0.25) is 4.79 Å². The van der Waals surface area contributed by atoms with Gasteiger partial charge >= 0.3 is 0 Å². The summed E-state index contributed by atoms with van der Waals surface area (Å²) in [5.41, 5.74) is 1.22. The summed E-state index contributed by atoms with van der Waals surface area (Å²) in [6.45, 7) is 7.71. The van der Waals surface area contributed by atoms with Gasteiger partial charge in [0.2, 0.25) is 5.91 Å². The maximum absolute atomic E-state index is 13.1. The number of ether oxygens (including phenoxy) is 1. The molecule has 0 aromatic heterocycles. The third kappa shape index (κ3) is 5.82. The standard InChI is InChI=1S/C22H34N2O2/c1-18(21-8-5-11-23-15-21)14-22(25)24(16-19-6-3-2-4-7-19)17-20-9-12-26-13-10-20/h2-4,6-7,18,20-21,23H,5,8-17H2,1H3. The zero-order valence-electron chi connectivity index (χ0n) is 16.2. The van der Waals surface area contributed by atoms with Gasteiger partial charge in [0.05, 0.1) is 0 Å². The molecule has 1 aromatic carbocycles. The molecule has 2 saturated heterocycles. The number of rotatable bonds is 7. The highest BCUT2D eigenvalue weighted by atomic mass is 16.5. The van der Waals surface area contributed by atoms with E-state index in [1.54, 1.807) is 0 Å². The number of carbonyl (C=O) groups excluding carboxylic acids is 1. The van der Waals surface area contributed by atoms with E-state index in [9.17, 15) is 4.79 Å². The summed E-state index contributed by atoms with van der Waals surface area (Å²) in [6, 6.07) is 10.4. The second kappa shape index (κ2) is 10.1. The molecule has 4 nitrogen and oxygen atoms in total. The van der Waals surface area contributed by atoms with Crippen molar-refractivity contribution >= 4 is 5.91 Å². The third-order valence-electron chi connectivity index (χ3n) is 6.02. The van der Waals surface area contributed by atoms with E-state index in [-0.39, 0.29) is 0 Å². The van der Waals surface area contributed by atoms with E-state index < -0.39 is 0 Å². The summed E-state index contributed by atoms with van der Waals surface area (Å²) < 4.78 is 5.49. The topological polar surface area (TPSA) is 41.6 Å². The zero-order valence-corrected chi connectivity index (χ0v) is 16.2. The van der Waals surface area contributed by atoms with Gasteiger partial charge < -0.3 is 15.0 Å². The van der Waals surface area contributed by atoms with Crippen LogP contribution in [0.2, 0.25) is 0 Å². The van der Waals surface area contributed by atoms with Crippen LogP contribution in [-0.4, -0.2) is 43.7 Å². The number of hydrogen-bond donors (Lipinski definition) is 1. The quantitative estimate of drug-likeness (QED) is 0.811. The van der Waals surface area contributed by atoms with Crippen LogP contribution in [0, 0.1) is 17.8 Å². The van der Waals surface area contributed by atoms with E-state index in [1.165, 1.54) is 18.4 Å². The molecule has 1 amide bonds. The minimum Gasteiger partial charge on any atom is -0.381 e. The van der Waals surface area contributed by atoms with Crippen molar-refractivity contribution < 1.29 is 9.53 Å². The number of nitrogens with one attached hydrogen (secondary N) is 1. The largest absolute Gasteiger partial charge is 0.381 e. The molecule has 1 aromatic rings. The van der Waals surface area contributed by atoms with Crippen LogP contribution in [0.3, 0.4) is 0 Å². The molecule has 0 aliphatic carbocycles. The Morgan fingerprint density at radius 1 is 1.23 bits per heavy atom. The maximum Gasteiger partial charge on any atom is 0.223 e. The third-order valence-corrected chi connectivity index (χ3v) is 6.02. The van der Waals surface area contributed by atoms with Crippen LogP contribution in [0.25, 0.3) is 0 Å². The molecule has 0 saturated carbocycles. The van der Waals surface area contributed by atoms with Crippen molar-refractivity contribution in [2.45, 2.75) is 45.6 Å². The summed E-state index contributed by atoms with van der Waals surface area (Å²) in [6.07, 6.45) is 5.29. The van der Waals surface area contributed by atoms with Gasteiger partial charge in [-0.2, -0.15) is 0 Å². The predicted octanol–water partition coefficient (Wildman–Crippen LogP) is 3.47. The lowest BCUT2D eigenvalue weighted by Gasteiger charge is -2.33. The molecule has 0 radical (unpaired) electrons. The van der Waals surface area contributed by atoms with Gasteiger partial charge in [-0.1, -0.05) is 37.3 Å². The summed E-state index contributed by atoms with van der Waals surface area (Å²) in [5, 5.41) is 3.48. The number of piperidine rings is 1. The monoisotopic (exact) mass is 358 g/mol. The number of hydrogen-bond acceptors (Lipinski definition) is 3. The SMILES string of the molecule is CC(CC(=O)N(Cc1ccccc1)CC1CCOCC1)C1CCCNC1. The van der Waals surface area contributed by atoms with Crippen LogP contribution in [-0.2, 0) is 16.1 Å². The molecule has 4 heteroatoms. The van der Waals surface area contributed by atoms with Gasteiger partial charge in [-0.05, 0) is 62.1 Å². The van der Waals surface area contributed by atoms with Crippen LogP contribution < -0.4 is 5.32 Å². The summed E-state index contributed by atoms with van der Waals surface area (Å²) in [7, 11) is 0. The average Bonchev–Trinajstić information content (AvgIpc) is 2.69. The molecule has 0 spiro atoms. The highest BCUT2D eigenvalue weighted by Gasteiger charge is 2.26. The van der Waals surface area contributed by atoms with E-state index in [0.717, 1.165) is 52.2 Å². The van der Waals surface area contributed by atoms with Gasteiger partial charge in [0, 0.05) is 32.7 Å². The van der Waals surface area contributed by atoms with Crippen LogP contribution in [0.1, 0.15) is 44.6 Å². The first kappa shape index (κ1) is 19.4. The smallest absolute Gasteiger partial charge is 0.223 e. The van der Waals surface area contributed by atoms with E-state index in [0.29, 0.717) is 30.1 Å². The van der Waals surface area contributed by atoms with Gasteiger partial charge in [-0.25, -0.2) is 0 Å². The van der Waals surface area contributed by atoms with Crippen LogP contribution in [0.15, 0.2) is 30.3 Å². The van der Waals surface area contributed by atoms with Crippen molar-refractivity contribution in [2.75, 3.05) is 32.8 Å². The Hall–Kier alpha value is -1.39. The van der Waals surface area contributed by atoms with E-state index in [2.05, 4.69) is 41.4 Å². The lowest BCUT2D eigenvalue weighted by atomic mass is 9.85. The van der Waals surface area contributed by atoms with Crippen molar-refractivity contribution in [1.82, 2.24) is 10.2 Å². The number of amides is 1. The lowest BCUT2D eigenvalue weighted by molar-refractivity contribution is -0.134. The summed E-state index contributed by atoms with van der Waals surface area (Å²) in [4.78, 5) is 15.3. The first-order valence-electron chi connectivity index (χ1n) is 10.3. The van der Waals surface area contributed by atoms with Crippen LogP contribution >= 0.6 is 0 Å². The Balaban J connectivity index is 1.61. The molecule has 2 aliphatic rings. The van der Waals surface area contributed by atoms with Crippen molar-refractivity contribution in [1.29, 1.82) is 0 Å². The fourth-order valence-corrected chi connectivity index (χ4v) is 4.23. The molecule has 1 N–H and O–H groups in total. The molecular weight excluding hydrogens is 324 g/mol. The molecule has 3 rings (SSSR count). The van der Waals surface area contributed by atoms with E-state index in [1.807, 2.05) is 6.07 Å². The maximum atomic E-state index is 13.1. The van der Waals surface area contributed by atoms with Crippen molar-refractivity contribution in [3.63, 3.8) is 0 Å². The minimum atomic E-state index is 0.318. The fourth-order valence-electron chi connectivity index (χ4n) is 4.23. The Labute approximate surface area is 158 Å². The highest BCUT2D eigenvalue weighted by Crippen LogP contribution is 2.25.